The molecule has 4 atom stereocenters. The number of hydrogen-bond acceptors (Lipinski definition) is 5. The lowest BCUT2D eigenvalue weighted by molar-refractivity contribution is -0.142. The summed E-state index contributed by atoms with van der Waals surface area (Å²) in [6.07, 6.45) is -1.05. The van der Waals surface area contributed by atoms with E-state index in [1.807, 2.05) is 0 Å². The quantitative estimate of drug-likeness (QED) is 0.383. The molecule has 8 nitrogen and oxygen atoms in total. The van der Waals surface area contributed by atoms with Gasteiger partial charge in [0.1, 0.15) is 18.1 Å². The monoisotopic (exact) mass is 289 g/mol. The fourth-order valence-electron chi connectivity index (χ4n) is 1.37. The minimum Gasteiger partial charge on any atom is -0.480 e. The Labute approximate surface area is 117 Å². The normalized spacial score (nSPS) is 16.9. The van der Waals surface area contributed by atoms with Gasteiger partial charge in [0.25, 0.3) is 0 Å². The maximum atomic E-state index is 11.9. The molecule has 8 heteroatoms. The molecule has 0 bridgehead atoms. The lowest BCUT2D eigenvalue weighted by Gasteiger charge is -2.25. The third kappa shape index (κ3) is 5.54. The lowest BCUT2D eigenvalue weighted by Crippen LogP contribution is -2.57. The summed E-state index contributed by atoms with van der Waals surface area (Å²) < 4.78 is 0. The van der Waals surface area contributed by atoms with Crippen LogP contribution in [0.1, 0.15) is 27.7 Å². The van der Waals surface area contributed by atoms with Gasteiger partial charge in [-0.3, -0.25) is 14.4 Å². The maximum Gasteiger partial charge on any atom is 0.325 e. The van der Waals surface area contributed by atoms with Crippen molar-refractivity contribution in [2.24, 2.45) is 11.7 Å². The number of carbonyl (C=O) groups excluding carboxylic acids is 2. The first-order chi connectivity index (χ1) is 9.07. The van der Waals surface area contributed by atoms with Gasteiger partial charge in [-0.05, 0) is 19.8 Å². The number of amides is 2. The van der Waals surface area contributed by atoms with Crippen LogP contribution in [0.25, 0.3) is 0 Å². The van der Waals surface area contributed by atoms with Gasteiger partial charge < -0.3 is 26.6 Å². The van der Waals surface area contributed by atoms with Crippen LogP contribution in [0.4, 0.5) is 0 Å². The number of aliphatic hydroxyl groups is 1. The SMILES string of the molecule is CC(C)[C@H](NC(=O)[C@@H](N)[C@@H](C)O)C(=O)N[C@@H](C)C(=O)O. The summed E-state index contributed by atoms with van der Waals surface area (Å²) in [6, 6.07) is -3.14. The second-order valence-electron chi connectivity index (χ2n) is 5.07. The molecule has 6 N–H and O–H groups in total. The van der Waals surface area contributed by atoms with Crippen LogP contribution in [0.2, 0.25) is 0 Å². The fraction of sp³-hybridized carbons (Fsp3) is 0.750. The predicted molar refractivity (Wildman–Crippen MR) is 71.7 cm³/mol. The van der Waals surface area contributed by atoms with E-state index in [9.17, 15) is 19.5 Å². The van der Waals surface area contributed by atoms with Gasteiger partial charge in [-0.25, -0.2) is 0 Å². The highest BCUT2D eigenvalue weighted by atomic mass is 16.4. The van der Waals surface area contributed by atoms with Crippen molar-refractivity contribution >= 4 is 17.8 Å². The largest absolute Gasteiger partial charge is 0.480 e. The number of hydrogen-bond donors (Lipinski definition) is 5. The van der Waals surface area contributed by atoms with Crippen LogP contribution in [-0.2, 0) is 14.4 Å². The molecule has 0 radical (unpaired) electrons. The van der Waals surface area contributed by atoms with Crippen molar-refractivity contribution in [2.75, 3.05) is 0 Å². The van der Waals surface area contributed by atoms with E-state index in [2.05, 4.69) is 10.6 Å². The highest BCUT2D eigenvalue weighted by molar-refractivity contribution is 5.91. The van der Waals surface area contributed by atoms with E-state index < -0.39 is 42.0 Å². The third-order valence-electron chi connectivity index (χ3n) is 2.80. The predicted octanol–water partition coefficient (Wildman–Crippen LogP) is -1.58. The van der Waals surface area contributed by atoms with E-state index in [0.29, 0.717) is 0 Å². The Balaban J connectivity index is 4.77. The number of rotatable bonds is 7. The Bertz CT molecular complexity index is 370. The molecule has 0 unspecified atom stereocenters. The second kappa shape index (κ2) is 7.81. The number of nitrogens with two attached hydrogens (primary N) is 1. The second-order valence-corrected chi connectivity index (χ2v) is 5.07. The van der Waals surface area contributed by atoms with Crippen LogP contribution in [0.5, 0.6) is 0 Å². The molecule has 0 saturated heterocycles. The fourth-order valence-corrected chi connectivity index (χ4v) is 1.37. The van der Waals surface area contributed by atoms with Crippen LogP contribution in [-0.4, -0.2) is 52.2 Å². The van der Waals surface area contributed by atoms with Crippen molar-refractivity contribution < 1.29 is 24.6 Å². The van der Waals surface area contributed by atoms with Crippen LogP contribution in [0.3, 0.4) is 0 Å². The van der Waals surface area contributed by atoms with E-state index in [1.54, 1.807) is 13.8 Å². The molecule has 0 aliphatic rings. The number of carbonyl (C=O) groups is 3. The van der Waals surface area contributed by atoms with Gasteiger partial charge >= 0.3 is 5.97 Å². The van der Waals surface area contributed by atoms with Gasteiger partial charge in [0.05, 0.1) is 6.10 Å². The van der Waals surface area contributed by atoms with Crippen LogP contribution in [0.15, 0.2) is 0 Å². The molecule has 0 aromatic rings. The Kier molecular flexibility index (Phi) is 7.16. The highest BCUT2D eigenvalue weighted by Gasteiger charge is 2.29. The summed E-state index contributed by atoms with van der Waals surface area (Å²) in [5, 5.41) is 22.7. The molecule has 0 aromatic carbocycles. The summed E-state index contributed by atoms with van der Waals surface area (Å²) in [5.74, 6) is -2.72. The van der Waals surface area contributed by atoms with Crippen LogP contribution >= 0.6 is 0 Å². The van der Waals surface area contributed by atoms with Gasteiger partial charge in [0, 0.05) is 0 Å². The molecule has 0 spiro atoms. The average molecular weight is 289 g/mol. The third-order valence-corrected chi connectivity index (χ3v) is 2.80. The van der Waals surface area contributed by atoms with Gasteiger partial charge in [0.2, 0.25) is 11.8 Å². The summed E-state index contributed by atoms with van der Waals surface area (Å²) in [5.41, 5.74) is 5.47. The Morgan fingerprint density at radius 2 is 1.50 bits per heavy atom. The van der Waals surface area contributed by atoms with E-state index in [0.717, 1.165) is 0 Å². The van der Waals surface area contributed by atoms with Crippen LogP contribution < -0.4 is 16.4 Å². The molecule has 0 aromatic heterocycles. The highest BCUT2D eigenvalue weighted by Crippen LogP contribution is 2.03. The summed E-state index contributed by atoms with van der Waals surface area (Å²) in [4.78, 5) is 34.4. The number of carboxylic acid groups (broad SMARTS) is 1. The van der Waals surface area contributed by atoms with Crippen LogP contribution in [0, 0.1) is 5.92 Å². The average Bonchev–Trinajstić information content (AvgIpc) is 2.33. The van der Waals surface area contributed by atoms with Crippen molar-refractivity contribution in [3.05, 3.63) is 0 Å². The minimum atomic E-state index is -1.17. The zero-order valence-corrected chi connectivity index (χ0v) is 12.1. The van der Waals surface area contributed by atoms with E-state index in [-0.39, 0.29) is 5.92 Å². The van der Waals surface area contributed by atoms with Gasteiger partial charge in [-0.15, -0.1) is 0 Å². The van der Waals surface area contributed by atoms with Gasteiger partial charge in [-0.2, -0.15) is 0 Å². The molecule has 116 valence electrons. The van der Waals surface area contributed by atoms with Gasteiger partial charge in [-0.1, -0.05) is 13.8 Å². The molecule has 0 fully saturated rings. The van der Waals surface area contributed by atoms with E-state index in [1.165, 1.54) is 13.8 Å². The minimum absolute atomic E-state index is 0.263. The number of nitrogens with one attached hydrogen (secondary N) is 2. The molecule has 0 saturated carbocycles. The number of aliphatic carboxylic acids is 1. The van der Waals surface area contributed by atoms with Crippen molar-refractivity contribution in [1.82, 2.24) is 10.6 Å². The van der Waals surface area contributed by atoms with Gasteiger partial charge in [0.15, 0.2) is 0 Å². The molecular weight excluding hydrogens is 266 g/mol. The molecular formula is C12H23N3O5. The number of carboxylic acids is 1. The smallest absolute Gasteiger partial charge is 0.325 e. The molecule has 20 heavy (non-hydrogen) atoms. The maximum absolute atomic E-state index is 11.9. The summed E-state index contributed by atoms with van der Waals surface area (Å²) in [7, 11) is 0. The summed E-state index contributed by atoms with van der Waals surface area (Å²) >= 11 is 0. The first-order valence-corrected chi connectivity index (χ1v) is 6.35. The molecule has 0 rings (SSSR count). The zero-order chi connectivity index (χ0) is 16.0. The Hall–Kier alpha value is -1.67. The van der Waals surface area contributed by atoms with Crippen molar-refractivity contribution in [3.8, 4) is 0 Å². The Morgan fingerprint density at radius 1 is 1.00 bits per heavy atom. The van der Waals surface area contributed by atoms with E-state index >= 15 is 0 Å². The number of aliphatic hydroxyl groups excluding tert-OH is 1. The summed E-state index contributed by atoms with van der Waals surface area (Å²) in [6.45, 7) is 6.08. The first kappa shape index (κ1) is 18.3. The van der Waals surface area contributed by atoms with Crippen molar-refractivity contribution in [1.29, 1.82) is 0 Å². The zero-order valence-electron chi connectivity index (χ0n) is 12.1. The molecule has 0 aliphatic heterocycles. The lowest BCUT2D eigenvalue weighted by atomic mass is 10.0. The molecule has 0 aliphatic carbocycles. The van der Waals surface area contributed by atoms with Crippen molar-refractivity contribution in [3.63, 3.8) is 0 Å². The van der Waals surface area contributed by atoms with Crippen molar-refractivity contribution in [2.45, 2.75) is 51.9 Å². The standard InChI is InChI=1S/C12H23N3O5/c1-5(2)9(11(18)14-6(3)12(19)20)15-10(17)8(13)7(4)16/h5-9,16H,13H2,1-4H3,(H,14,18)(H,15,17)(H,19,20)/t6-,7+,8-,9-/m0/s1. The topological polar surface area (TPSA) is 142 Å². The first-order valence-electron chi connectivity index (χ1n) is 6.35. The molecule has 0 heterocycles. The van der Waals surface area contributed by atoms with E-state index in [4.69, 9.17) is 10.8 Å². The Morgan fingerprint density at radius 3 is 1.85 bits per heavy atom. The molecule has 2 amide bonds.